The zero-order chi connectivity index (χ0) is 11.2. The van der Waals surface area contributed by atoms with Crippen LogP contribution in [0.25, 0.3) is 0 Å². The molecule has 0 unspecified atom stereocenters. The summed E-state index contributed by atoms with van der Waals surface area (Å²) in [4.78, 5) is 0. The third-order valence-electron chi connectivity index (χ3n) is 3.72. The molecule has 0 aromatic rings. The number of hydrogen-bond donors (Lipinski definition) is 1. The molecule has 2 aliphatic carbocycles. The average Bonchev–Trinajstić information content (AvgIpc) is 2.31. The Hall–Kier alpha value is 0.744. The van der Waals surface area contributed by atoms with Gasteiger partial charge in [-0.3, -0.25) is 0 Å². The summed E-state index contributed by atoms with van der Waals surface area (Å²) < 4.78 is 11.1. The Morgan fingerprint density at radius 2 is 1.06 bits per heavy atom. The van der Waals surface area contributed by atoms with Crippen molar-refractivity contribution in [2.45, 2.75) is 76.4 Å². The van der Waals surface area contributed by atoms with E-state index < -0.39 is 7.32 Å². The summed E-state index contributed by atoms with van der Waals surface area (Å²) in [6.07, 6.45) is 12.2. The second kappa shape index (κ2) is 8.78. The van der Waals surface area contributed by atoms with Crippen LogP contribution in [0.1, 0.15) is 64.2 Å². The van der Waals surface area contributed by atoms with E-state index in [1.165, 1.54) is 38.5 Å². The number of hydrogen-bond acceptors (Lipinski definition) is 3. The van der Waals surface area contributed by atoms with Gasteiger partial charge < -0.3 is 14.3 Å². The quantitative estimate of drug-likeness (QED) is 0.776. The Bertz CT molecular complexity index is 174. The summed E-state index contributed by atoms with van der Waals surface area (Å²) in [5, 5.41) is 9.71. The Morgan fingerprint density at radius 3 is 1.41 bits per heavy atom. The van der Waals surface area contributed by atoms with Gasteiger partial charge in [0, 0.05) is 12.2 Å². The van der Waals surface area contributed by atoms with E-state index in [0.717, 1.165) is 25.7 Å². The van der Waals surface area contributed by atoms with Gasteiger partial charge in [-0.05, 0) is 25.7 Å². The molecule has 17 heavy (non-hydrogen) atoms. The van der Waals surface area contributed by atoms with E-state index in [0.29, 0.717) is 0 Å². The molecule has 0 saturated heterocycles. The van der Waals surface area contributed by atoms with Gasteiger partial charge in [0.1, 0.15) is 0 Å². The molecule has 1 N–H and O–H groups in total. The van der Waals surface area contributed by atoms with Gasteiger partial charge in [0.25, 0.3) is 0 Å². The van der Waals surface area contributed by atoms with Crippen LogP contribution in [-0.2, 0) is 9.31 Å². The molecule has 2 fully saturated rings. The van der Waals surface area contributed by atoms with Crippen molar-refractivity contribution in [1.29, 1.82) is 0 Å². The fraction of sp³-hybridized carbons (Fsp3) is 1.00. The molecule has 2 rings (SSSR count). The van der Waals surface area contributed by atoms with Gasteiger partial charge >= 0.3 is 31.2 Å². The molecule has 0 spiro atoms. The Labute approximate surface area is 122 Å². The first kappa shape index (κ1) is 15.8. The van der Waals surface area contributed by atoms with Crippen molar-refractivity contribution >= 4 is 31.2 Å². The molecule has 5 heteroatoms. The van der Waals surface area contributed by atoms with Crippen LogP contribution in [0.2, 0.25) is 0 Å². The molecule has 0 radical (unpaired) electrons. The van der Waals surface area contributed by atoms with Gasteiger partial charge in [-0.2, -0.15) is 0 Å². The Morgan fingerprint density at radius 1 is 0.706 bits per heavy atom. The average molecular weight is 349 g/mol. The maximum atomic E-state index is 9.71. The molecule has 2 aliphatic rings. The van der Waals surface area contributed by atoms with Crippen molar-refractivity contribution in [1.82, 2.24) is 0 Å². The van der Waals surface area contributed by atoms with Crippen LogP contribution in [-0.4, -0.2) is 48.5 Å². The van der Waals surface area contributed by atoms with Gasteiger partial charge in [-0.1, -0.05) is 38.5 Å². The second-order valence-electron chi connectivity index (χ2n) is 5.10. The number of rotatable bonds is 4. The molecule has 0 aromatic carbocycles. The zero-order valence-electron chi connectivity index (χ0n) is 10.1. The van der Waals surface area contributed by atoms with E-state index >= 15 is 0 Å². The van der Waals surface area contributed by atoms with E-state index in [-0.39, 0.29) is 36.1 Å². The summed E-state index contributed by atoms with van der Waals surface area (Å²) in [6, 6.07) is 0. The summed E-state index contributed by atoms with van der Waals surface area (Å²) in [6.45, 7) is 0. The summed E-state index contributed by atoms with van der Waals surface area (Å²) in [5.41, 5.74) is 0. The molecule has 0 heterocycles. The molecule has 2 saturated carbocycles. The molecule has 0 aliphatic heterocycles. The van der Waals surface area contributed by atoms with Crippen molar-refractivity contribution in [3.8, 4) is 0 Å². The fourth-order valence-electron chi connectivity index (χ4n) is 2.76. The summed E-state index contributed by atoms with van der Waals surface area (Å²) in [5.74, 6) is 0. The summed E-state index contributed by atoms with van der Waals surface area (Å²) in [7, 11) is -0.994. The van der Waals surface area contributed by atoms with Gasteiger partial charge in [-0.25, -0.2) is 0 Å². The zero-order valence-corrected chi connectivity index (χ0v) is 10.1. The van der Waals surface area contributed by atoms with Crippen LogP contribution in [0.4, 0.5) is 0 Å². The van der Waals surface area contributed by atoms with Gasteiger partial charge in [-0.15, -0.1) is 0 Å². The molecule has 0 bridgehead atoms. The van der Waals surface area contributed by atoms with Gasteiger partial charge in [0.2, 0.25) is 0 Å². The third kappa shape index (κ3) is 5.94. The first-order chi connectivity index (χ1) is 7.84. The van der Waals surface area contributed by atoms with Crippen molar-refractivity contribution in [2.75, 3.05) is 0 Å². The molecule has 0 amide bonds. The van der Waals surface area contributed by atoms with Gasteiger partial charge in [0.05, 0.1) is 0 Å². The fourth-order valence-corrected chi connectivity index (χ4v) is 2.76. The van der Waals surface area contributed by atoms with E-state index in [1.807, 2.05) is 0 Å². The first-order valence-electron chi connectivity index (χ1n) is 6.83. The van der Waals surface area contributed by atoms with Crippen LogP contribution in [0.3, 0.4) is 0 Å². The Balaban J connectivity index is 0.00000144. The van der Waals surface area contributed by atoms with Crippen molar-refractivity contribution in [3.63, 3.8) is 0 Å². The van der Waals surface area contributed by atoms with E-state index in [4.69, 9.17) is 9.31 Å². The normalized spacial score (nSPS) is 23.1. The topological polar surface area (TPSA) is 38.7 Å². The predicted octanol–water partition coefficient (Wildman–Crippen LogP) is 1.21. The van der Waals surface area contributed by atoms with Crippen LogP contribution < -0.4 is 0 Å². The van der Waals surface area contributed by atoms with Crippen LogP contribution in [0.5, 0.6) is 0 Å². The van der Waals surface area contributed by atoms with Crippen LogP contribution in [0.15, 0.2) is 0 Å². The van der Waals surface area contributed by atoms with Crippen molar-refractivity contribution in [3.05, 3.63) is 0 Å². The molecular formula is C12H27BO3Sn. The minimum absolute atomic E-state index is 0. The SMILES string of the molecule is OB(OC1CCCCC1)OC1CCCCC1.[SnH4]. The molecule has 100 valence electrons. The Kier molecular flexibility index (Phi) is 8.16. The van der Waals surface area contributed by atoms with Crippen molar-refractivity contribution in [2.24, 2.45) is 0 Å². The third-order valence-corrected chi connectivity index (χ3v) is 3.72. The van der Waals surface area contributed by atoms with Crippen LogP contribution >= 0.6 is 0 Å². The van der Waals surface area contributed by atoms with Crippen LogP contribution in [0, 0.1) is 0 Å². The second-order valence-corrected chi connectivity index (χ2v) is 5.10. The van der Waals surface area contributed by atoms with E-state index in [1.54, 1.807) is 0 Å². The first-order valence-corrected chi connectivity index (χ1v) is 6.83. The molecule has 0 atom stereocenters. The predicted molar refractivity (Wildman–Crippen MR) is 75.2 cm³/mol. The minimum atomic E-state index is -0.994. The monoisotopic (exact) mass is 350 g/mol. The maximum absolute atomic E-state index is 9.71. The molecule has 0 aromatic heterocycles. The summed E-state index contributed by atoms with van der Waals surface area (Å²) >= 11 is 0. The van der Waals surface area contributed by atoms with E-state index in [2.05, 4.69) is 0 Å². The molecule has 3 nitrogen and oxygen atoms in total. The molecular weight excluding hydrogens is 322 g/mol. The van der Waals surface area contributed by atoms with Gasteiger partial charge in [0.15, 0.2) is 0 Å². The van der Waals surface area contributed by atoms with E-state index in [9.17, 15) is 5.02 Å². The van der Waals surface area contributed by atoms with Crippen molar-refractivity contribution < 1.29 is 14.3 Å². The standard InChI is InChI=1S/C12H23BO3.Sn.4H/c14-13(15-11-7-3-1-4-8-11)16-12-9-5-2-6-10-12;;;;;/h11-12,14H,1-10H2;;;;;.